The summed E-state index contributed by atoms with van der Waals surface area (Å²) in [6.45, 7) is 2.24. The number of hydrogen-bond donors (Lipinski definition) is 3. The van der Waals surface area contributed by atoms with E-state index in [-0.39, 0.29) is 121 Å². The highest BCUT2D eigenvalue weighted by molar-refractivity contribution is 6.31. The lowest BCUT2D eigenvalue weighted by Gasteiger charge is -2.38. The van der Waals surface area contributed by atoms with Crippen LogP contribution < -0.4 is 16.0 Å². The highest BCUT2D eigenvalue weighted by Gasteiger charge is 2.46. The topological polar surface area (TPSA) is 201 Å². The van der Waals surface area contributed by atoms with Gasteiger partial charge >= 0.3 is 0 Å². The zero-order valence-electron chi connectivity index (χ0n) is 43.7. The molecule has 0 spiro atoms. The van der Waals surface area contributed by atoms with Crippen molar-refractivity contribution in [3.63, 3.8) is 0 Å². The Hall–Kier alpha value is -7.37. The van der Waals surface area contributed by atoms with E-state index in [0.717, 1.165) is 41.5 Å². The second kappa shape index (κ2) is 24.6. The van der Waals surface area contributed by atoms with E-state index in [9.17, 15) is 59.9 Å². The number of aryl methyl sites for hydroxylation is 1. The molecule has 3 N–H and O–H groups in total. The van der Waals surface area contributed by atoms with Crippen LogP contribution in [-0.2, 0) is 56.6 Å². The molecular formula is C55H56Cl2F6N10O7. The molecule has 424 valence electrons. The predicted octanol–water partition coefficient (Wildman–Crippen LogP) is 7.23. The van der Waals surface area contributed by atoms with Gasteiger partial charge in [-0.2, -0.15) is 10.2 Å². The second-order valence-corrected chi connectivity index (χ2v) is 20.9. The third-order valence-electron chi connectivity index (χ3n) is 13.7. The number of ketones is 2. The molecule has 4 aliphatic rings. The lowest BCUT2D eigenvalue weighted by Crippen LogP contribution is -2.58. The minimum absolute atomic E-state index is 0.0110. The van der Waals surface area contributed by atoms with Gasteiger partial charge in [0.25, 0.3) is 11.8 Å². The predicted molar refractivity (Wildman–Crippen MR) is 283 cm³/mol. The van der Waals surface area contributed by atoms with Crippen molar-refractivity contribution in [2.75, 3.05) is 39.3 Å². The van der Waals surface area contributed by atoms with Gasteiger partial charge in [-0.15, -0.1) is 0 Å². The second-order valence-electron chi connectivity index (χ2n) is 20.1. The van der Waals surface area contributed by atoms with Crippen LogP contribution >= 0.6 is 23.2 Å². The van der Waals surface area contributed by atoms with Crippen molar-refractivity contribution < 1.29 is 59.9 Å². The number of benzene rings is 4. The van der Waals surface area contributed by atoms with Crippen molar-refractivity contribution in [1.29, 1.82) is 0 Å². The number of fused-ring (bicyclic) bond motifs is 2. The Morgan fingerprint density at radius 1 is 0.625 bits per heavy atom. The van der Waals surface area contributed by atoms with Crippen molar-refractivity contribution in [1.82, 2.24) is 50.2 Å². The normalized spacial score (nSPS) is 15.8. The molecule has 2 aliphatic carbocycles. The van der Waals surface area contributed by atoms with Crippen LogP contribution in [0.1, 0.15) is 82.8 Å². The first kappa shape index (κ1) is 58.8. The summed E-state index contributed by atoms with van der Waals surface area (Å²) in [6.07, 6.45) is 2.89. The van der Waals surface area contributed by atoms with Gasteiger partial charge in [0.05, 0.1) is 66.8 Å². The van der Waals surface area contributed by atoms with Crippen molar-refractivity contribution in [3.05, 3.63) is 128 Å². The number of nitrogens with zero attached hydrogens (tertiary/aromatic N) is 7. The van der Waals surface area contributed by atoms with E-state index >= 15 is 0 Å². The molecule has 4 fully saturated rings. The van der Waals surface area contributed by atoms with Crippen LogP contribution in [0.4, 0.5) is 26.3 Å². The number of alkyl halides is 4. The SMILES string of the molecule is CC(=O)c1nn(CC(=O)N(CC(=O)NCc2cccc(Cl)c2F)C2CC2)c2cccc(C)c12.CC(=O)c1nn(CC(=O)N(CC(=O)NCc2cccc(Cl)c2F)C2CC2)c2cccc(CC(=O)N3CC(F)(F)C3)c12.FC1(F)CNC1. The maximum Gasteiger partial charge on any atom is 0.282 e. The average molecular weight is 1150 g/mol. The van der Waals surface area contributed by atoms with Gasteiger partial charge in [0.2, 0.25) is 29.5 Å². The van der Waals surface area contributed by atoms with E-state index in [0.29, 0.717) is 27.7 Å². The third kappa shape index (κ3) is 14.3. The summed E-state index contributed by atoms with van der Waals surface area (Å²) < 4.78 is 80.6. The summed E-state index contributed by atoms with van der Waals surface area (Å²) in [6, 6.07) is 19.4. The Labute approximate surface area is 464 Å². The number of nitrogens with one attached hydrogen (secondary N) is 3. The highest BCUT2D eigenvalue weighted by Crippen LogP contribution is 2.32. The molecule has 2 saturated carbocycles. The van der Waals surface area contributed by atoms with Crippen molar-refractivity contribution >= 4 is 86.1 Å². The fourth-order valence-corrected chi connectivity index (χ4v) is 9.48. The van der Waals surface area contributed by atoms with Crippen LogP contribution in [0.2, 0.25) is 10.0 Å². The molecule has 0 unspecified atom stereocenters. The number of rotatable bonds is 18. The summed E-state index contributed by atoms with van der Waals surface area (Å²) in [4.78, 5) is 92.9. The number of Topliss-reactive ketones (excluding diaryl/α,β-unsaturated/α-hetero) is 2. The van der Waals surface area contributed by atoms with E-state index < -0.39 is 54.3 Å². The van der Waals surface area contributed by atoms with Crippen LogP contribution in [0, 0.1) is 18.6 Å². The molecule has 25 heteroatoms. The maximum atomic E-state index is 14.2. The summed E-state index contributed by atoms with van der Waals surface area (Å²) in [5.74, 6) is -9.06. The van der Waals surface area contributed by atoms with Crippen LogP contribution in [0.5, 0.6) is 0 Å². The molecule has 6 aromatic rings. The van der Waals surface area contributed by atoms with Crippen molar-refractivity contribution in [2.24, 2.45) is 0 Å². The van der Waals surface area contributed by atoms with Crippen LogP contribution in [-0.4, -0.2) is 139 Å². The van der Waals surface area contributed by atoms with Crippen molar-refractivity contribution in [3.8, 4) is 0 Å². The van der Waals surface area contributed by atoms with Crippen molar-refractivity contribution in [2.45, 2.75) is 103 Å². The molecule has 2 saturated heterocycles. The number of carbonyl (C=O) groups is 7. The van der Waals surface area contributed by atoms with E-state index in [4.69, 9.17) is 23.2 Å². The minimum Gasteiger partial charge on any atom is -0.350 e. The summed E-state index contributed by atoms with van der Waals surface area (Å²) >= 11 is 11.6. The third-order valence-corrected chi connectivity index (χ3v) is 14.2. The van der Waals surface area contributed by atoms with Crippen LogP contribution in [0.15, 0.2) is 72.8 Å². The van der Waals surface area contributed by atoms with Gasteiger partial charge in [-0.3, -0.25) is 42.9 Å². The molecule has 0 atom stereocenters. The van der Waals surface area contributed by atoms with Gasteiger partial charge in [-0.1, -0.05) is 71.7 Å². The number of likely N-dealkylation sites (tertiary alicyclic amines) is 1. The Bertz CT molecular complexity index is 3390. The summed E-state index contributed by atoms with van der Waals surface area (Å²) in [7, 11) is 0. The first-order valence-electron chi connectivity index (χ1n) is 25.6. The van der Waals surface area contributed by atoms with E-state index in [2.05, 4.69) is 26.1 Å². The molecule has 2 aliphatic heterocycles. The number of aromatic nitrogens is 4. The Morgan fingerprint density at radius 2 is 1.04 bits per heavy atom. The molecular weight excluding hydrogens is 1100 g/mol. The Balaban J connectivity index is 0.000000193. The van der Waals surface area contributed by atoms with Gasteiger partial charge in [0, 0.05) is 60.9 Å². The number of halogens is 8. The summed E-state index contributed by atoms with van der Waals surface area (Å²) in [5.41, 5.74) is 3.35. The Kier molecular flexibility index (Phi) is 18.0. The molecule has 0 radical (unpaired) electrons. The van der Waals surface area contributed by atoms with E-state index in [1.54, 1.807) is 36.4 Å². The number of carbonyl (C=O) groups excluding carboxylic acids is 7. The van der Waals surface area contributed by atoms with E-state index in [1.807, 2.05) is 25.1 Å². The molecule has 10 rings (SSSR count). The zero-order valence-corrected chi connectivity index (χ0v) is 45.2. The first-order chi connectivity index (χ1) is 37.9. The lowest BCUT2D eigenvalue weighted by atomic mass is 10.0. The molecule has 80 heavy (non-hydrogen) atoms. The van der Waals surface area contributed by atoms with Gasteiger partial charge < -0.3 is 30.7 Å². The van der Waals surface area contributed by atoms with Gasteiger partial charge in [0.1, 0.15) is 36.1 Å². The van der Waals surface area contributed by atoms with Gasteiger partial charge in [0.15, 0.2) is 11.6 Å². The molecule has 0 bridgehead atoms. The maximum absolute atomic E-state index is 14.2. The monoisotopic (exact) mass is 1150 g/mol. The standard InChI is InChI=1S/C28H27ClF3N5O4.C24H24ClFN4O3.C3H5F2N/c1-16(38)27-25-17(10-23(40)35-14-28(31,32)15-35)4-3-7-21(25)37(34-27)13-24(41)36(19-8-9-19)12-22(39)33-11-18-5-2-6-20(29)26(18)30;1-14-5-3-8-19-22(14)24(15(2)31)28-30(19)13-21(33)29(17-9-10-17)12-20(32)27-11-16-6-4-7-18(25)23(16)26;4-3(5)1-6-2-3/h2-7,19H,8-15H2,1H3,(H,33,39);3-8,17H,9-13H2,1-2H3,(H,27,32);6H,1-2H2. The quantitative estimate of drug-likeness (QED) is 0.0583. The van der Waals surface area contributed by atoms with Crippen LogP contribution in [0.3, 0.4) is 0 Å². The first-order valence-corrected chi connectivity index (χ1v) is 26.3. The van der Waals surface area contributed by atoms with Gasteiger partial charge in [-0.25, -0.2) is 26.3 Å². The Morgan fingerprint density at radius 3 is 1.45 bits per heavy atom. The highest BCUT2D eigenvalue weighted by atomic mass is 35.5. The van der Waals surface area contributed by atoms with Crippen LogP contribution in [0.25, 0.3) is 21.8 Å². The molecule has 2 aromatic heterocycles. The smallest absolute Gasteiger partial charge is 0.282 e. The largest absolute Gasteiger partial charge is 0.350 e. The molecule has 5 amide bonds. The molecule has 17 nitrogen and oxygen atoms in total. The molecule has 4 aromatic carbocycles. The van der Waals surface area contributed by atoms with E-state index in [1.165, 1.54) is 51.2 Å². The minimum atomic E-state index is -2.90. The fraction of sp³-hybridized carbons (Fsp3) is 0.400. The zero-order chi connectivity index (χ0) is 57.8. The average Bonchev–Trinajstić information content (AvgIpc) is 4.46. The molecule has 4 heterocycles. The number of hydrogen-bond acceptors (Lipinski definition) is 10. The number of amides is 5. The lowest BCUT2D eigenvalue weighted by molar-refractivity contribution is -0.165. The summed E-state index contributed by atoms with van der Waals surface area (Å²) in [5, 5.41) is 17.5. The fourth-order valence-electron chi connectivity index (χ4n) is 9.09. The van der Waals surface area contributed by atoms with Gasteiger partial charge in [-0.05, 0) is 68.0 Å².